The fourth-order valence-corrected chi connectivity index (χ4v) is 2.15. The highest BCUT2D eigenvalue weighted by Gasteiger charge is 2.48. The summed E-state index contributed by atoms with van der Waals surface area (Å²) in [4.78, 5) is 33.7. The first-order valence-corrected chi connectivity index (χ1v) is 6.15. The maximum Gasteiger partial charge on any atom is 0.307 e. The van der Waals surface area contributed by atoms with Crippen LogP contribution < -0.4 is 15.4 Å². The van der Waals surface area contributed by atoms with E-state index in [1.165, 1.54) is 0 Å². The fraction of sp³-hybridized carbons (Fsp3) is 0.308. The molecule has 0 radical (unpaired) electrons. The Kier molecular flexibility index (Phi) is 2.81. The van der Waals surface area contributed by atoms with Gasteiger partial charge in [0.25, 0.3) is 5.91 Å². The molecule has 2 unspecified atom stereocenters. The predicted molar refractivity (Wildman–Crippen MR) is 68.4 cm³/mol. The number of carboxylic acid groups (broad SMARTS) is 1. The summed E-state index contributed by atoms with van der Waals surface area (Å²) in [7, 11) is 0. The Morgan fingerprint density at radius 2 is 2.15 bits per heavy atom. The van der Waals surface area contributed by atoms with Crippen molar-refractivity contribution in [2.24, 2.45) is 11.8 Å². The average Bonchev–Trinajstić information content (AvgIpc) is 3.19. The van der Waals surface area contributed by atoms with Gasteiger partial charge < -0.3 is 20.5 Å². The van der Waals surface area contributed by atoms with Crippen LogP contribution in [0.2, 0.25) is 0 Å². The highest BCUT2D eigenvalue weighted by Crippen LogP contribution is 2.40. The summed E-state index contributed by atoms with van der Waals surface area (Å²) in [5, 5.41) is 14.1. The van der Waals surface area contributed by atoms with Crippen LogP contribution in [0, 0.1) is 11.8 Å². The van der Waals surface area contributed by atoms with Crippen LogP contribution in [0.5, 0.6) is 5.75 Å². The molecule has 1 heterocycles. The Labute approximate surface area is 113 Å². The number of ether oxygens (including phenoxy) is 1. The zero-order valence-corrected chi connectivity index (χ0v) is 10.4. The minimum absolute atomic E-state index is 0.0614. The first-order valence-electron chi connectivity index (χ1n) is 6.15. The average molecular weight is 276 g/mol. The number of nitrogens with one attached hydrogen (secondary N) is 2. The highest BCUT2D eigenvalue weighted by atomic mass is 16.5. The molecule has 2 atom stereocenters. The lowest BCUT2D eigenvalue weighted by Gasteiger charge is -2.18. The quantitative estimate of drug-likeness (QED) is 0.752. The summed E-state index contributed by atoms with van der Waals surface area (Å²) < 4.78 is 5.24. The van der Waals surface area contributed by atoms with Gasteiger partial charge in [-0.3, -0.25) is 14.4 Å². The normalized spacial score (nSPS) is 23.1. The number of rotatable bonds is 3. The van der Waals surface area contributed by atoms with Crippen LogP contribution >= 0.6 is 0 Å². The summed E-state index contributed by atoms with van der Waals surface area (Å²) in [6.45, 7) is -0.0614. The Balaban J connectivity index is 1.68. The molecule has 1 aliphatic carbocycles. The smallest absolute Gasteiger partial charge is 0.307 e. The number of anilines is 2. The van der Waals surface area contributed by atoms with Crippen LogP contribution in [0.4, 0.5) is 11.4 Å². The van der Waals surface area contributed by atoms with Crippen molar-refractivity contribution < 1.29 is 24.2 Å². The van der Waals surface area contributed by atoms with Gasteiger partial charge in [0.2, 0.25) is 5.91 Å². The summed E-state index contributed by atoms with van der Waals surface area (Å²) in [6.07, 6.45) is 0.374. The van der Waals surface area contributed by atoms with Crippen LogP contribution in [0.3, 0.4) is 0 Å². The lowest BCUT2D eigenvalue weighted by molar-refractivity contribution is -0.139. The lowest BCUT2D eigenvalue weighted by atomic mass is 10.2. The van der Waals surface area contributed by atoms with Gasteiger partial charge in [-0.1, -0.05) is 0 Å². The van der Waals surface area contributed by atoms with Gasteiger partial charge in [-0.25, -0.2) is 0 Å². The molecular formula is C13H12N2O5. The van der Waals surface area contributed by atoms with Crippen LogP contribution in [0.15, 0.2) is 18.2 Å². The SMILES string of the molecule is O=C1COc2cc(NC(=O)C3CC3C(=O)O)ccc2N1. The third-order valence-electron chi connectivity index (χ3n) is 3.33. The van der Waals surface area contributed by atoms with Crippen molar-refractivity contribution in [1.82, 2.24) is 0 Å². The number of hydrogen-bond donors (Lipinski definition) is 3. The number of carbonyl (C=O) groups is 3. The van der Waals surface area contributed by atoms with Crippen molar-refractivity contribution in [1.29, 1.82) is 0 Å². The molecule has 3 rings (SSSR count). The minimum atomic E-state index is -0.943. The maximum atomic E-state index is 11.8. The van der Waals surface area contributed by atoms with Crippen LogP contribution in [-0.4, -0.2) is 29.5 Å². The van der Waals surface area contributed by atoms with E-state index in [4.69, 9.17) is 9.84 Å². The third-order valence-corrected chi connectivity index (χ3v) is 3.33. The molecule has 2 aliphatic rings. The van der Waals surface area contributed by atoms with Gasteiger partial charge in [0, 0.05) is 11.8 Å². The van der Waals surface area contributed by atoms with Gasteiger partial charge in [0.1, 0.15) is 5.75 Å². The highest BCUT2D eigenvalue weighted by molar-refractivity contribution is 5.99. The first kappa shape index (κ1) is 12.5. The number of benzene rings is 1. The number of carbonyl (C=O) groups excluding carboxylic acids is 2. The van der Waals surface area contributed by atoms with E-state index in [-0.39, 0.29) is 18.4 Å². The van der Waals surface area contributed by atoms with Crippen molar-refractivity contribution >= 4 is 29.2 Å². The minimum Gasteiger partial charge on any atom is -0.482 e. The third kappa shape index (κ3) is 2.29. The molecule has 0 saturated heterocycles. The summed E-state index contributed by atoms with van der Waals surface area (Å²) in [6, 6.07) is 4.86. The molecule has 2 amide bonds. The Morgan fingerprint density at radius 3 is 2.85 bits per heavy atom. The molecule has 1 fully saturated rings. The molecule has 1 aromatic rings. The van der Waals surface area contributed by atoms with Crippen molar-refractivity contribution in [3.05, 3.63) is 18.2 Å². The van der Waals surface area contributed by atoms with Crippen LogP contribution in [0.1, 0.15) is 6.42 Å². The molecule has 1 aliphatic heterocycles. The monoisotopic (exact) mass is 276 g/mol. The van der Waals surface area contributed by atoms with Crippen molar-refractivity contribution in [3.63, 3.8) is 0 Å². The first-order chi connectivity index (χ1) is 9.54. The summed E-state index contributed by atoms with van der Waals surface area (Å²) in [5.74, 6) is -2.05. The van der Waals surface area contributed by atoms with Gasteiger partial charge >= 0.3 is 5.97 Å². The molecule has 3 N–H and O–H groups in total. The van der Waals surface area contributed by atoms with Crippen molar-refractivity contribution in [3.8, 4) is 5.75 Å². The Hall–Kier alpha value is -2.57. The molecule has 104 valence electrons. The standard InChI is InChI=1S/C13H12N2O5/c16-11-5-20-10-3-6(1-2-9(10)15-11)14-12(17)7-4-8(7)13(18)19/h1-3,7-8H,4-5H2,(H,14,17)(H,15,16)(H,18,19). The fourth-order valence-electron chi connectivity index (χ4n) is 2.15. The Morgan fingerprint density at radius 1 is 1.35 bits per heavy atom. The van der Waals surface area contributed by atoms with E-state index in [1.807, 2.05) is 0 Å². The van der Waals surface area contributed by atoms with Gasteiger partial charge in [0.15, 0.2) is 6.61 Å². The van der Waals surface area contributed by atoms with E-state index in [0.717, 1.165) is 0 Å². The molecule has 20 heavy (non-hydrogen) atoms. The second-order valence-electron chi connectivity index (χ2n) is 4.82. The van der Waals surface area contributed by atoms with Crippen molar-refractivity contribution in [2.75, 3.05) is 17.2 Å². The van der Waals surface area contributed by atoms with Gasteiger partial charge in [-0.2, -0.15) is 0 Å². The predicted octanol–water partition coefficient (Wildman–Crippen LogP) is 0.677. The van der Waals surface area contributed by atoms with E-state index >= 15 is 0 Å². The van der Waals surface area contributed by atoms with Crippen molar-refractivity contribution in [2.45, 2.75) is 6.42 Å². The van der Waals surface area contributed by atoms with E-state index < -0.39 is 17.8 Å². The zero-order chi connectivity index (χ0) is 14.3. The number of carboxylic acids is 1. The van der Waals surface area contributed by atoms with E-state index in [2.05, 4.69) is 10.6 Å². The molecule has 7 nitrogen and oxygen atoms in total. The topological polar surface area (TPSA) is 105 Å². The Bertz CT molecular complexity index is 613. The van der Waals surface area contributed by atoms with E-state index in [9.17, 15) is 14.4 Å². The number of hydrogen-bond acceptors (Lipinski definition) is 4. The second kappa shape index (κ2) is 4.52. The summed E-state index contributed by atoms with van der Waals surface area (Å²) >= 11 is 0. The lowest BCUT2D eigenvalue weighted by Crippen LogP contribution is -2.25. The molecular weight excluding hydrogens is 264 g/mol. The maximum absolute atomic E-state index is 11.8. The molecule has 7 heteroatoms. The number of amides is 2. The number of fused-ring (bicyclic) bond motifs is 1. The molecule has 0 spiro atoms. The molecule has 1 aromatic carbocycles. The van der Waals surface area contributed by atoms with Gasteiger partial charge in [0.05, 0.1) is 17.5 Å². The second-order valence-corrected chi connectivity index (χ2v) is 4.82. The molecule has 0 aromatic heterocycles. The summed E-state index contributed by atoms with van der Waals surface area (Å²) in [5.41, 5.74) is 1.06. The van der Waals surface area contributed by atoms with Crippen LogP contribution in [-0.2, 0) is 14.4 Å². The largest absolute Gasteiger partial charge is 0.482 e. The molecule has 0 bridgehead atoms. The zero-order valence-electron chi connectivity index (χ0n) is 10.4. The van der Waals surface area contributed by atoms with Gasteiger partial charge in [-0.15, -0.1) is 0 Å². The van der Waals surface area contributed by atoms with E-state index in [0.29, 0.717) is 23.5 Å². The number of aliphatic carboxylic acids is 1. The molecule has 1 saturated carbocycles. The van der Waals surface area contributed by atoms with E-state index in [1.54, 1.807) is 18.2 Å². The van der Waals surface area contributed by atoms with Crippen LogP contribution in [0.25, 0.3) is 0 Å². The van der Waals surface area contributed by atoms with Gasteiger partial charge in [-0.05, 0) is 18.6 Å².